The molecule has 0 radical (unpaired) electrons. The molecule has 0 unspecified atom stereocenters. The van der Waals surface area contributed by atoms with Crippen LogP contribution in [0, 0.1) is 12.3 Å². The summed E-state index contributed by atoms with van der Waals surface area (Å²) in [6.07, 6.45) is 9.41. The van der Waals surface area contributed by atoms with Crippen molar-refractivity contribution in [3.8, 4) is 12.3 Å². The van der Waals surface area contributed by atoms with E-state index < -0.39 is 5.60 Å². The van der Waals surface area contributed by atoms with Gasteiger partial charge in [-0.15, -0.1) is 17.8 Å². The van der Waals surface area contributed by atoms with Crippen molar-refractivity contribution in [2.24, 2.45) is 0 Å². The van der Waals surface area contributed by atoms with Gasteiger partial charge in [0.2, 0.25) is 0 Å². The van der Waals surface area contributed by atoms with Crippen LogP contribution in [0.4, 0.5) is 0 Å². The molecule has 3 rings (SSSR count). The first-order chi connectivity index (χ1) is 12.0. The molecule has 0 spiro atoms. The summed E-state index contributed by atoms with van der Waals surface area (Å²) in [4.78, 5) is 11.8. The van der Waals surface area contributed by atoms with Crippen molar-refractivity contribution >= 4 is 11.3 Å². The quantitative estimate of drug-likeness (QED) is 0.806. The maximum atomic E-state index is 11.1. The highest BCUT2D eigenvalue weighted by atomic mass is 32.1. The fourth-order valence-corrected chi connectivity index (χ4v) is 4.88. The topological polar surface area (TPSA) is 42.8 Å². The minimum atomic E-state index is -0.763. The van der Waals surface area contributed by atoms with E-state index in [1.165, 1.54) is 25.9 Å². The molecule has 1 N–H and O–H groups in total. The van der Waals surface area contributed by atoms with Gasteiger partial charge in [0.1, 0.15) is 10.6 Å². The molecule has 0 bridgehead atoms. The minimum absolute atomic E-state index is 0.616. The van der Waals surface area contributed by atoms with E-state index in [0.717, 1.165) is 43.2 Å². The van der Waals surface area contributed by atoms with E-state index in [1.54, 1.807) is 11.3 Å². The number of piperidine rings is 2. The van der Waals surface area contributed by atoms with Crippen LogP contribution in [0.3, 0.4) is 0 Å². The fraction of sp³-hybridized carbons (Fsp3) is 0.737. The van der Waals surface area contributed by atoms with Crippen molar-refractivity contribution in [1.29, 1.82) is 0 Å². The molecule has 138 valence electrons. The van der Waals surface area contributed by atoms with Crippen molar-refractivity contribution in [2.75, 3.05) is 46.8 Å². The van der Waals surface area contributed by atoms with Gasteiger partial charge < -0.3 is 14.9 Å². The van der Waals surface area contributed by atoms with Crippen LogP contribution in [-0.4, -0.2) is 77.7 Å². The van der Waals surface area contributed by atoms with E-state index in [-0.39, 0.29) is 0 Å². The summed E-state index contributed by atoms with van der Waals surface area (Å²) < 4.78 is 0. The zero-order chi connectivity index (χ0) is 17.9. The number of terminal acetylenes is 1. The van der Waals surface area contributed by atoms with Gasteiger partial charge in [0.25, 0.3) is 0 Å². The largest absolute Gasteiger partial charge is 0.383 e. The smallest absolute Gasteiger partial charge is 0.110 e. The SMILES string of the molecule is C#CCN(C)Cc1nc(C2(O)CCN(C3CCN(C)CC3)CC2)cs1. The number of aliphatic hydroxyl groups is 1. The Morgan fingerprint density at radius 2 is 2.04 bits per heavy atom. The molecular formula is C19H30N4OS. The molecule has 3 heterocycles. The molecule has 2 aliphatic heterocycles. The highest BCUT2D eigenvalue weighted by Crippen LogP contribution is 2.35. The molecular weight excluding hydrogens is 332 g/mol. The van der Waals surface area contributed by atoms with Crippen LogP contribution < -0.4 is 0 Å². The standard InChI is InChI=1S/C19H30N4OS/c1-4-9-22(3)14-18-20-17(15-25-18)19(24)7-12-23(13-8-19)16-5-10-21(2)11-6-16/h1,15-16,24H,5-14H2,2-3H3. The first kappa shape index (κ1) is 18.8. The highest BCUT2D eigenvalue weighted by Gasteiger charge is 2.38. The van der Waals surface area contributed by atoms with E-state index in [9.17, 15) is 5.11 Å². The zero-order valence-electron chi connectivity index (χ0n) is 15.4. The van der Waals surface area contributed by atoms with Gasteiger partial charge in [0.05, 0.1) is 18.8 Å². The Labute approximate surface area is 155 Å². The van der Waals surface area contributed by atoms with Gasteiger partial charge in [-0.1, -0.05) is 5.92 Å². The maximum absolute atomic E-state index is 11.1. The summed E-state index contributed by atoms with van der Waals surface area (Å²) in [7, 11) is 4.20. The second-order valence-electron chi connectivity index (χ2n) is 7.60. The van der Waals surface area contributed by atoms with Crippen molar-refractivity contribution in [3.63, 3.8) is 0 Å². The molecule has 2 saturated heterocycles. The number of rotatable bonds is 5. The second kappa shape index (κ2) is 8.15. The lowest BCUT2D eigenvalue weighted by molar-refractivity contribution is -0.0439. The summed E-state index contributed by atoms with van der Waals surface area (Å²) in [6, 6.07) is 0.684. The van der Waals surface area contributed by atoms with Gasteiger partial charge in [-0.25, -0.2) is 4.98 Å². The van der Waals surface area contributed by atoms with E-state index in [2.05, 4.69) is 27.7 Å². The second-order valence-corrected chi connectivity index (χ2v) is 8.55. The van der Waals surface area contributed by atoms with Crippen LogP contribution in [0.15, 0.2) is 5.38 Å². The molecule has 1 aromatic heterocycles. The average molecular weight is 363 g/mol. The van der Waals surface area contributed by atoms with Gasteiger partial charge in [0, 0.05) is 24.5 Å². The fourth-order valence-electron chi connectivity index (χ4n) is 3.92. The molecule has 0 aliphatic carbocycles. The first-order valence-corrected chi connectivity index (χ1v) is 10.1. The van der Waals surface area contributed by atoms with Crippen LogP contribution >= 0.6 is 11.3 Å². The molecule has 25 heavy (non-hydrogen) atoms. The highest BCUT2D eigenvalue weighted by molar-refractivity contribution is 7.09. The third kappa shape index (κ3) is 4.60. The van der Waals surface area contributed by atoms with Gasteiger partial charge in [-0.3, -0.25) is 4.90 Å². The molecule has 0 saturated carbocycles. The Bertz CT molecular complexity index is 595. The summed E-state index contributed by atoms with van der Waals surface area (Å²) in [5.74, 6) is 2.65. The lowest BCUT2D eigenvalue weighted by Crippen LogP contribution is -2.50. The predicted molar refractivity (Wildman–Crippen MR) is 103 cm³/mol. The van der Waals surface area contributed by atoms with Crippen LogP contribution in [0.5, 0.6) is 0 Å². The third-order valence-corrected chi connectivity index (χ3v) is 6.46. The molecule has 0 amide bonds. The summed E-state index contributed by atoms with van der Waals surface area (Å²) in [6.45, 7) is 5.67. The van der Waals surface area contributed by atoms with Crippen LogP contribution in [0.25, 0.3) is 0 Å². The van der Waals surface area contributed by atoms with Crippen LogP contribution in [0.1, 0.15) is 36.4 Å². The number of likely N-dealkylation sites (tertiary alicyclic amines) is 2. The summed E-state index contributed by atoms with van der Waals surface area (Å²) >= 11 is 1.62. The van der Waals surface area contributed by atoms with Gasteiger partial charge >= 0.3 is 0 Å². The Kier molecular flexibility index (Phi) is 6.13. The van der Waals surface area contributed by atoms with Crippen LogP contribution in [0.2, 0.25) is 0 Å². The molecule has 5 nitrogen and oxygen atoms in total. The Hall–Kier alpha value is -0.970. The predicted octanol–water partition coefficient (Wildman–Crippen LogP) is 1.59. The number of nitrogens with zero attached hydrogens (tertiary/aromatic N) is 4. The molecule has 2 fully saturated rings. The Morgan fingerprint density at radius 1 is 1.36 bits per heavy atom. The zero-order valence-corrected chi connectivity index (χ0v) is 16.3. The normalized spacial score (nSPS) is 23.0. The van der Waals surface area contributed by atoms with Gasteiger partial charge in [0.15, 0.2) is 0 Å². The lowest BCUT2D eigenvalue weighted by Gasteiger charge is -2.43. The van der Waals surface area contributed by atoms with Crippen molar-refractivity contribution < 1.29 is 5.11 Å². The Morgan fingerprint density at radius 3 is 2.68 bits per heavy atom. The molecule has 0 aromatic carbocycles. The van der Waals surface area contributed by atoms with E-state index >= 15 is 0 Å². The summed E-state index contributed by atoms with van der Waals surface area (Å²) in [5, 5.41) is 14.2. The maximum Gasteiger partial charge on any atom is 0.110 e. The van der Waals surface area contributed by atoms with Crippen molar-refractivity contribution in [2.45, 2.75) is 43.9 Å². The molecule has 6 heteroatoms. The molecule has 2 aliphatic rings. The van der Waals surface area contributed by atoms with E-state index in [0.29, 0.717) is 12.6 Å². The minimum Gasteiger partial charge on any atom is -0.383 e. The summed E-state index contributed by atoms with van der Waals surface area (Å²) in [5.41, 5.74) is 0.0890. The molecule has 0 atom stereocenters. The number of thiazole rings is 1. The van der Waals surface area contributed by atoms with Gasteiger partial charge in [-0.05, 0) is 52.9 Å². The first-order valence-electron chi connectivity index (χ1n) is 9.22. The monoisotopic (exact) mass is 362 g/mol. The average Bonchev–Trinajstić information content (AvgIpc) is 3.06. The molecule has 1 aromatic rings. The van der Waals surface area contributed by atoms with E-state index in [4.69, 9.17) is 11.4 Å². The lowest BCUT2D eigenvalue weighted by atomic mass is 9.87. The van der Waals surface area contributed by atoms with Crippen molar-refractivity contribution in [1.82, 2.24) is 19.7 Å². The van der Waals surface area contributed by atoms with Gasteiger partial charge in [-0.2, -0.15) is 0 Å². The number of aromatic nitrogens is 1. The van der Waals surface area contributed by atoms with Crippen LogP contribution in [-0.2, 0) is 12.1 Å². The van der Waals surface area contributed by atoms with E-state index in [1.807, 2.05) is 12.4 Å². The Balaban J connectivity index is 1.55. The van der Waals surface area contributed by atoms with Crippen molar-refractivity contribution in [3.05, 3.63) is 16.1 Å². The number of hydrogen-bond acceptors (Lipinski definition) is 6. The third-order valence-electron chi connectivity index (χ3n) is 5.62. The number of hydrogen-bond donors (Lipinski definition) is 1.